The Morgan fingerprint density at radius 3 is 2.64 bits per heavy atom. The first-order valence-corrected chi connectivity index (χ1v) is 11.1. The molecule has 0 amide bonds. The van der Waals surface area contributed by atoms with Crippen molar-refractivity contribution >= 4 is 27.3 Å². The Kier molecular flexibility index (Phi) is 5.53. The lowest BCUT2D eigenvalue weighted by Crippen LogP contribution is -2.49. The van der Waals surface area contributed by atoms with Gasteiger partial charge in [-0.1, -0.05) is 22.0 Å². The molecule has 0 radical (unpaired) electrons. The molecule has 1 saturated heterocycles. The van der Waals surface area contributed by atoms with E-state index in [1.54, 1.807) is 0 Å². The zero-order valence-electron chi connectivity index (χ0n) is 15.1. The van der Waals surface area contributed by atoms with Crippen LogP contribution in [0.2, 0.25) is 0 Å². The van der Waals surface area contributed by atoms with E-state index in [2.05, 4.69) is 37.7 Å². The predicted octanol–water partition coefficient (Wildman–Crippen LogP) is 3.64. The molecule has 1 aromatic carbocycles. The molecular weight excluding hydrogens is 398 g/mol. The zero-order valence-corrected chi connectivity index (χ0v) is 17.5. The van der Waals surface area contributed by atoms with Crippen LogP contribution in [-0.4, -0.2) is 32.7 Å². The summed E-state index contributed by atoms with van der Waals surface area (Å²) in [7, 11) is 0. The topological polar surface area (TPSA) is 62.1 Å². The first-order chi connectivity index (χ1) is 11.8. The minimum Gasteiger partial charge on any atom is -0.598 e. The largest absolute Gasteiger partial charge is 0.598 e. The molecule has 6 heteroatoms. The number of hydrogen-bond acceptors (Lipinski definition) is 4. The summed E-state index contributed by atoms with van der Waals surface area (Å²) in [5, 5.41) is 9.29. The maximum absolute atomic E-state index is 12.8. The molecular formula is C19H26BrN3OS. The van der Waals surface area contributed by atoms with Gasteiger partial charge >= 0.3 is 0 Å². The Labute approximate surface area is 162 Å². The van der Waals surface area contributed by atoms with Crippen LogP contribution in [0.4, 0.5) is 0 Å². The van der Waals surface area contributed by atoms with Gasteiger partial charge in [0.05, 0.1) is 23.1 Å². The molecule has 1 aliphatic heterocycles. The quantitative estimate of drug-likeness (QED) is 0.457. The highest BCUT2D eigenvalue weighted by Crippen LogP contribution is 2.52. The smallest absolute Gasteiger partial charge is 0.136 e. The first-order valence-electron chi connectivity index (χ1n) is 8.78. The van der Waals surface area contributed by atoms with Gasteiger partial charge in [-0.05, 0) is 76.4 Å². The summed E-state index contributed by atoms with van der Waals surface area (Å²) < 4.78 is 16.0. The number of benzene rings is 1. The number of likely N-dealkylation sites (tertiary alicyclic amines) is 1. The van der Waals surface area contributed by atoms with Crippen molar-refractivity contribution in [3.8, 4) is 6.07 Å². The minimum atomic E-state index is -1.14. The van der Waals surface area contributed by atoms with E-state index in [9.17, 15) is 9.81 Å². The van der Waals surface area contributed by atoms with Crippen LogP contribution in [0.1, 0.15) is 56.3 Å². The van der Waals surface area contributed by atoms with Crippen LogP contribution in [0.5, 0.6) is 0 Å². The Hall–Kier alpha value is -0.580. The fourth-order valence-corrected chi connectivity index (χ4v) is 5.41. The van der Waals surface area contributed by atoms with E-state index < -0.39 is 11.4 Å². The lowest BCUT2D eigenvalue weighted by atomic mass is 9.73. The second kappa shape index (κ2) is 7.21. The molecule has 0 bridgehead atoms. The number of nitriles is 1. The van der Waals surface area contributed by atoms with Crippen molar-refractivity contribution in [1.82, 2.24) is 9.62 Å². The molecule has 2 atom stereocenters. The van der Waals surface area contributed by atoms with Gasteiger partial charge < -0.3 is 4.55 Å². The molecule has 3 rings (SSSR count). The van der Waals surface area contributed by atoms with Crippen LogP contribution >= 0.6 is 15.9 Å². The first kappa shape index (κ1) is 19.2. The van der Waals surface area contributed by atoms with Crippen LogP contribution < -0.4 is 4.72 Å². The highest BCUT2D eigenvalue weighted by molar-refractivity contribution is 9.09. The highest BCUT2D eigenvalue weighted by Gasteiger charge is 2.50. The lowest BCUT2D eigenvalue weighted by molar-refractivity contribution is 0.0967. The van der Waals surface area contributed by atoms with Crippen molar-refractivity contribution in [2.45, 2.75) is 50.8 Å². The maximum Gasteiger partial charge on any atom is 0.136 e. The normalized spacial score (nSPS) is 24.1. The number of fused-ring (bicyclic) bond motifs is 1. The fraction of sp³-hybridized carbons (Fsp3) is 0.632. The molecule has 1 aromatic rings. The molecule has 0 saturated carbocycles. The molecule has 1 heterocycles. The molecule has 4 nitrogen and oxygen atoms in total. The van der Waals surface area contributed by atoms with Crippen LogP contribution in [0, 0.1) is 16.7 Å². The van der Waals surface area contributed by atoms with Gasteiger partial charge in [0.2, 0.25) is 0 Å². The van der Waals surface area contributed by atoms with E-state index in [4.69, 9.17) is 0 Å². The number of nitrogens with zero attached hydrogens (tertiary/aromatic N) is 2. The zero-order chi connectivity index (χ0) is 18.2. The summed E-state index contributed by atoms with van der Waals surface area (Å²) >= 11 is 2.43. The molecule has 2 aliphatic rings. The molecule has 25 heavy (non-hydrogen) atoms. The monoisotopic (exact) mass is 423 g/mol. The van der Waals surface area contributed by atoms with E-state index in [0.29, 0.717) is 5.56 Å². The second-order valence-electron chi connectivity index (χ2n) is 8.23. The predicted molar refractivity (Wildman–Crippen MR) is 106 cm³/mol. The molecule has 1 spiro atoms. The minimum absolute atomic E-state index is 0.0494. The van der Waals surface area contributed by atoms with Crippen molar-refractivity contribution in [3.63, 3.8) is 0 Å². The highest BCUT2D eigenvalue weighted by atomic mass is 79.9. The number of nitrogens with one attached hydrogen (secondary N) is 1. The third-order valence-electron chi connectivity index (χ3n) is 5.54. The van der Waals surface area contributed by atoms with E-state index in [1.807, 2.05) is 32.9 Å². The van der Waals surface area contributed by atoms with Gasteiger partial charge in [0.15, 0.2) is 0 Å². The van der Waals surface area contributed by atoms with Crippen molar-refractivity contribution in [1.29, 1.82) is 5.26 Å². The van der Waals surface area contributed by atoms with E-state index >= 15 is 0 Å². The van der Waals surface area contributed by atoms with Crippen LogP contribution in [0.15, 0.2) is 18.2 Å². The van der Waals surface area contributed by atoms with Crippen LogP contribution in [-0.2, 0) is 17.8 Å². The number of rotatable bonds is 3. The number of halogens is 1. The summed E-state index contributed by atoms with van der Waals surface area (Å²) in [6.45, 7) is 8.09. The number of alkyl halides is 1. The molecule has 1 fully saturated rings. The third-order valence-corrected chi connectivity index (χ3v) is 7.81. The van der Waals surface area contributed by atoms with Crippen LogP contribution in [0.3, 0.4) is 0 Å². The van der Waals surface area contributed by atoms with Crippen molar-refractivity contribution in [2.24, 2.45) is 5.41 Å². The van der Waals surface area contributed by atoms with E-state index in [-0.39, 0.29) is 16.2 Å². The summed E-state index contributed by atoms with van der Waals surface area (Å²) in [5.74, 6) is 0. The Morgan fingerprint density at radius 2 is 2.08 bits per heavy atom. The summed E-state index contributed by atoms with van der Waals surface area (Å²) in [6.07, 6.45) is 3.16. The molecule has 1 aliphatic carbocycles. The SMILES string of the molecule is CC(C)(C)[S+]([O-])N[C@@H]1c2cc(C#N)ccc2CC12CCN(CBr)CC2. The summed E-state index contributed by atoms with van der Waals surface area (Å²) in [5.41, 5.74) is 4.15. The lowest BCUT2D eigenvalue weighted by Gasteiger charge is -2.43. The standard InChI is InChI=1S/C19H26BrN3OS/c1-18(2,3)25(24)22-17-16-10-14(12-21)4-5-15(16)11-19(17)6-8-23(13-20)9-7-19/h4-5,10,17,22H,6-9,11,13H2,1-3H3/t17-,25?/m1/s1. The van der Waals surface area contributed by atoms with Crippen molar-refractivity contribution in [3.05, 3.63) is 34.9 Å². The van der Waals surface area contributed by atoms with Gasteiger partial charge in [0.1, 0.15) is 4.75 Å². The van der Waals surface area contributed by atoms with E-state index in [0.717, 1.165) is 37.8 Å². The molecule has 136 valence electrons. The van der Waals surface area contributed by atoms with Crippen LogP contribution in [0.25, 0.3) is 0 Å². The van der Waals surface area contributed by atoms with E-state index in [1.165, 1.54) is 11.1 Å². The van der Waals surface area contributed by atoms with Gasteiger partial charge in [-0.2, -0.15) is 5.26 Å². The molecule has 1 unspecified atom stereocenters. The molecule has 0 aromatic heterocycles. The number of hydrogen-bond donors (Lipinski definition) is 1. The molecule has 1 N–H and O–H groups in total. The Bertz CT molecular complexity index is 674. The third kappa shape index (κ3) is 3.77. The van der Waals surface area contributed by atoms with Gasteiger partial charge in [0, 0.05) is 16.8 Å². The Balaban J connectivity index is 1.94. The van der Waals surface area contributed by atoms with Crippen molar-refractivity contribution in [2.75, 3.05) is 18.5 Å². The van der Waals surface area contributed by atoms with Gasteiger partial charge in [-0.25, -0.2) is 0 Å². The summed E-state index contributed by atoms with van der Waals surface area (Å²) in [4.78, 5) is 2.41. The maximum atomic E-state index is 12.8. The second-order valence-corrected chi connectivity index (χ2v) is 10.7. The Morgan fingerprint density at radius 1 is 1.40 bits per heavy atom. The van der Waals surface area contributed by atoms with Gasteiger partial charge in [-0.3, -0.25) is 4.90 Å². The van der Waals surface area contributed by atoms with Gasteiger partial charge in [0.25, 0.3) is 0 Å². The summed E-state index contributed by atoms with van der Waals surface area (Å²) in [6, 6.07) is 8.30. The number of piperidine rings is 1. The fourth-order valence-electron chi connectivity index (χ4n) is 3.96. The average molecular weight is 424 g/mol. The van der Waals surface area contributed by atoms with Gasteiger partial charge in [-0.15, -0.1) is 4.72 Å². The average Bonchev–Trinajstić information content (AvgIpc) is 2.87. The van der Waals surface area contributed by atoms with Crippen molar-refractivity contribution < 1.29 is 4.55 Å².